The van der Waals surface area contributed by atoms with Gasteiger partial charge in [-0.25, -0.2) is 18.1 Å². The van der Waals surface area contributed by atoms with Gasteiger partial charge in [-0.3, -0.25) is 4.79 Å². The summed E-state index contributed by atoms with van der Waals surface area (Å²) >= 11 is 5.65. The molecular weight excluding hydrogens is 350 g/mol. The molecule has 0 aliphatic carbocycles. The number of pyridine rings is 2. The van der Waals surface area contributed by atoms with E-state index in [4.69, 9.17) is 11.6 Å². The number of aromatic nitrogens is 2. The molecule has 0 bridgehead atoms. The lowest BCUT2D eigenvalue weighted by Gasteiger charge is -2.07. The second-order valence-electron chi connectivity index (χ2n) is 5.36. The summed E-state index contributed by atoms with van der Waals surface area (Å²) in [6.45, 7) is 1.82. The van der Waals surface area contributed by atoms with Crippen LogP contribution in [0.25, 0.3) is 10.9 Å². The maximum Gasteiger partial charge on any atom is 0.252 e. The van der Waals surface area contributed by atoms with E-state index in [9.17, 15) is 13.2 Å². The number of halogens is 1. The minimum atomic E-state index is -3.78. The summed E-state index contributed by atoms with van der Waals surface area (Å²) < 4.78 is 26.9. The Balaban J connectivity index is 1.88. The number of sulfonamides is 1. The first-order valence-corrected chi connectivity index (χ1v) is 8.95. The van der Waals surface area contributed by atoms with Crippen molar-refractivity contribution in [3.63, 3.8) is 0 Å². The Hall–Kier alpha value is -2.22. The number of H-pyrrole nitrogens is 1. The van der Waals surface area contributed by atoms with Crippen LogP contribution in [0, 0.1) is 6.92 Å². The lowest BCUT2D eigenvalue weighted by molar-refractivity contribution is 0.580. The standard InChI is InChI=1S/C16H14ClN3O3S/c1-10-2-4-14-11(6-10)7-12(16(21)20-14)8-19-24(22,23)13-3-5-15(17)18-9-13/h2-7,9,19H,8H2,1H3,(H,20,21). The highest BCUT2D eigenvalue weighted by Gasteiger charge is 2.15. The summed E-state index contributed by atoms with van der Waals surface area (Å²) in [5.74, 6) is 0. The number of fused-ring (bicyclic) bond motifs is 1. The van der Waals surface area contributed by atoms with Crippen molar-refractivity contribution in [2.24, 2.45) is 0 Å². The Morgan fingerprint density at radius 3 is 2.71 bits per heavy atom. The number of nitrogens with zero attached hydrogens (tertiary/aromatic N) is 1. The van der Waals surface area contributed by atoms with Crippen LogP contribution in [0.4, 0.5) is 0 Å². The van der Waals surface area contributed by atoms with E-state index in [0.29, 0.717) is 11.1 Å². The minimum absolute atomic E-state index is 0.0139. The first-order valence-electron chi connectivity index (χ1n) is 7.09. The van der Waals surface area contributed by atoms with E-state index in [0.717, 1.165) is 10.9 Å². The molecule has 0 saturated carbocycles. The molecule has 24 heavy (non-hydrogen) atoms. The Kier molecular flexibility index (Phi) is 4.40. The highest BCUT2D eigenvalue weighted by Crippen LogP contribution is 2.14. The molecule has 0 aliphatic rings. The van der Waals surface area contributed by atoms with Crippen molar-refractivity contribution in [3.8, 4) is 0 Å². The third-order valence-electron chi connectivity index (χ3n) is 3.54. The van der Waals surface area contributed by atoms with E-state index < -0.39 is 10.0 Å². The summed E-state index contributed by atoms with van der Waals surface area (Å²) in [7, 11) is -3.78. The minimum Gasteiger partial charge on any atom is -0.322 e. The zero-order valence-corrected chi connectivity index (χ0v) is 14.3. The van der Waals surface area contributed by atoms with E-state index in [1.165, 1.54) is 18.3 Å². The molecule has 6 nitrogen and oxygen atoms in total. The molecule has 2 aromatic heterocycles. The summed E-state index contributed by atoms with van der Waals surface area (Å²) in [4.78, 5) is 18.6. The topological polar surface area (TPSA) is 91.9 Å². The first-order chi connectivity index (χ1) is 11.3. The van der Waals surface area contributed by atoms with Gasteiger partial charge in [-0.1, -0.05) is 23.2 Å². The molecule has 2 heterocycles. The lowest BCUT2D eigenvalue weighted by atomic mass is 10.1. The van der Waals surface area contributed by atoms with Gasteiger partial charge in [0.25, 0.3) is 5.56 Å². The van der Waals surface area contributed by atoms with Crippen LogP contribution in [0.1, 0.15) is 11.1 Å². The van der Waals surface area contributed by atoms with Crippen molar-refractivity contribution in [1.82, 2.24) is 14.7 Å². The number of aromatic amines is 1. The predicted octanol–water partition coefficient (Wildman–Crippen LogP) is 2.36. The smallest absolute Gasteiger partial charge is 0.252 e. The number of aryl methyl sites for hydroxylation is 1. The molecule has 124 valence electrons. The monoisotopic (exact) mass is 363 g/mol. The summed E-state index contributed by atoms with van der Waals surface area (Å²) in [6, 6.07) is 10.1. The van der Waals surface area contributed by atoms with E-state index in [1.807, 2.05) is 25.1 Å². The average molecular weight is 364 g/mol. The molecule has 0 atom stereocenters. The highest BCUT2D eigenvalue weighted by atomic mass is 35.5. The third kappa shape index (κ3) is 3.48. The van der Waals surface area contributed by atoms with Gasteiger partial charge in [-0.2, -0.15) is 0 Å². The fraction of sp³-hybridized carbons (Fsp3) is 0.125. The molecule has 0 saturated heterocycles. The van der Waals surface area contributed by atoms with Gasteiger partial charge in [-0.15, -0.1) is 0 Å². The maximum absolute atomic E-state index is 12.2. The van der Waals surface area contributed by atoms with Crippen LogP contribution in [0.15, 0.2) is 52.3 Å². The maximum atomic E-state index is 12.2. The number of hydrogen-bond acceptors (Lipinski definition) is 4. The van der Waals surface area contributed by atoms with Crippen molar-refractivity contribution in [2.75, 3.05) is 0 Å². The largest absolute Gasteiger partial charge is 0.322 e. The van der Waals surface area contributed by atoms with Crippen LogP contribution in [0.5, 0.6) is 0 Å². The number of rotatable bonds is 4. The Labute approximate surface area is 143 Å². The fourth-order valence-corrected chi connectivity index (χ4v) is 3.34. The fourth-order valence-electron chi connectivity index (χ4n) is 2.28. The molecule has 3 rings (SSSR count). The van der Waals surface area contributed by atoms with Crippen LogP contribution in [0.3, 0.4) is 0 Å². The van der Waals surface area contributed by atoms with Gasteiger partial charge in [0.1, 0.15) is 10.0 Å². The molecule has 0 unspecified atom stereocenters. The molecule has 3 aromatic rings. The van der Waals surface area contributed by atoms with Crippen LogP contribution >= 0.6 is 11.6 Å². The Morgan fingerprint density at radius 2 is 2.00 bits per heavy atom. The molecule has 0 amide bonds. The zero-order chi connectivity index (χ0) is 17.3. The SMILES string of the molecule is Cc1ccc2[nH]c(=O)c(CNS(=O)(=O)c3ccc(Cl)nc3)cc2c1. The van der Waals surface area contributed by atoms with Crippen molar-refractivity contribution in [2.45, 2.75) is 18.4 Å². The molecule has 1 aromatic carbocycles. The van der Waals surface area contributed by atoms with Gasteiger partial charge >= 0.3 is 0 Å². The van der Waals surface area contributed by atoms with Gasteiger partial charge in [0.05, 0.1) is 0 Å². The molecule has 0 radical (unpaired) electrons. The van der Waals surface area contributed by atoms with Crippen molar-refractivity contribution >= 4 is 32.5 Å². The second-order valence-corrected chi connectivity index (χ2v) is 7.51. The van der Waals surface area contributed by atoms with Gasteiger partial charge < -0.3 is 4.98 Å². The van der Waals surface area contributed by atoms with Crippen molar-refractivity contribution in [3.05, 3.63) is 69.2 Å². The second kappa shape index (κ2) is 6.35. The first kappa shape index (κ1) is 16.6. The molecule has 0 spiro atoms. The van der Waals surface area contributed by atoms with Crippen LogP contribution in [-0.4, -0.2) is 18.4 Å². The quantitative estimate of drug-likeness (QED) is 0.696. The highest BCUT2D eigenvalue weighted by molar-refractivity contribution is 7.89. The van der Waals surface area contributed by atoms with Gasteiger partial charge in [0.15, 0.2) is 0 Å². The van der Waals surface area contributed by atoms with Gasteiger partial charge in [-0.05, 0) is 42.6 Å². The Morgan fingerprint density at radius 1 is 1.21 bits per heavy atom. The molecule has 2 N–H and O–H groups in total. The molecule has 8 heteroatoms. The third-order valence-corrected chi connectivity index (χ3v) is 5.15. The summed E-state index contributed by atoms with van der Waals surface area (Å²) in [5, 5.41) is 1.05. The van der Waals surface area contributed by atoms with Crippen LogP contribution in [-0.2, 0) is 16.6 Å². The van der Waals surface area contributed by atoms with Crippen LogP contribution < -0.4 is 10.3 Å². The van der Waals surface area contributed by atoms with Crippen LogP contribution in [0.2, 0.25) is 5.15 Å². The van der Waals surface area contributed by atoms with E-state index in [2.05, 4.69) is 14.7 Å². The van der Waals surface area contributed by atoms with Crippen molar-refractivity contribution < 1.29 is 8.42 Å². The average Bonchev–Trinajstić information content (AvgIpc) is 2.54. The number of nitrogens with one attached hydrogen (secondary N) is 2. The normalized spacial score (nSPS) is 11.8. The van der Waals surface area contributed by atoms with E-state index in [1.54, 1.807) is 6.07 Å². The van der Waals surface area contributed by atoms with Gasteiger partial charge in [0.2, 0.25) is 10.0 Å². The predicted molar refractivity (Wildman–Crippen MR) is 92.6 cm³/mol. The van der Waals surface area contributed by atoms with E-state index >= 15 is 0 Å². The van der Waals surface area contributed by atoms with Gasteiger partial charge in [0, 0.05) is 23.8 Å². The molecule has 0 fully saturated rings. The lowest BCUT2D eigenvalue weighted by Crippen LogP contribution is -2.27. The molecule has 0 aliphatic heterocycles. The Bertz CT molecular complexity index is 1060. The summed E-state index contributed by atoms with van der Waals surface area (Å²) in [5.41, 5.74) is 1.76. The number of benzene rings is 1. The molecular formula is C16H14ClN3O3S. The number of hydrogen-bond donors (Lipinski definition) is 2. The summed E-state index contributed by atoms with van der Waals surface area (Å²) in [6.07, 6.45) is 1.17. The zero-order valence-electron chi connectivity index (χ0n) is 12.7. The van der Waals surface area contributed by atoms with E-state index in [-0.39, 0.29) is 22.2 Å². The van der Waals surface area contributed by atoms with Crippen molar-refractivity contribution in [1.29, 1.82) is 0 Å².